The summed E-state index contributed by atoms with van der Waals surface area (Å²) in [5, 5.41) is 2.64. The summed E-state index contributed by atoms with van der Waals surface area (Å²) in [6, 6.07) is 35.1. The van der Waals surface area contributed by atoms with Gasteiger partial charge in [-0.15, -0.1) is 0 Å². The van der Waals surface area contributed by atoms with Gasteiger partial charge in [-0.05, 0) is 53.4 Å². The molecule has 0 saturated carbocycles. The number of nitrogens with zero attached hydrogens (tertiary/aromatic N) is 1. The fraction of sp³-hybridized carbons (Fsp3) is 0.0667. The van der Waals surface area contributed by atoms with Crippen LogP contribution in [0.25, 0.3) is 38.6 Å². The lowest BCUT2D eigenvalue weighted by Gasteiger charge is -2.14. The third-order valence-electron chi connectivity index (χ3n) is 6.32. The minimum absolute atomic E-state index is 0.438. The lowest BCUT2D eigenvalue weighted by atomic mass is 9.91. The second kappa shape index (κ2) is 7.45. The normalized spacial score (nSPS) is 15.7. The zero-order valence-electron chi connectivity index (χ0n) is 17.3. The van der Waals surface area contributed by atoms with Gasteiger partial charge in [0.1, 0.15) is 0 Å². The molecule has 1 aromatic heterocycles. The lowest BCUT2D eigenvalue weighted by Crippen LogP contribution is -1.97. The van der Waals surface area contributed by atoms with Crippen LogP contribution >= 0.6 is 0 Å². The van der Waals surface area contributed by atoms with E-state index in [9.17, 15) is 0 Å². The number of allylic oxidation sites excluding steroid dienone is 4. The van der Waals surface area contributed by atoms with E-state index in [4.69, 9.17) is 0 Å². The molecule has 0 aliphatic heterocycles. The topological polar surface area (TPSA) is 4.93 Å². The Hall–Kier alpha value is -3.84. The van der Waals surface area contributed by atoms with Crippen LogP contribution in [0, 0.1) is 0 Å². The van der Waals surface area contributed by atoms with Crippen LogP contribution < -0.4 is 0 Å². The van der Waals surface area contributed by atoms with Crippen molar-refractivity contribution in [2.75, 3.05) is 0 Å². The maximum atomic E-state index is 2.41. The van der Waals surface area contributed by atoms with Crippen molar-refractivity contribution in [1.29, 1.82) is 0 Å². The molecular formula is C30H23N. The second-order valence-corrected chi connectivity index (χ2v) is 8.17. The Labute approximate surface area is 182 Å². The van der Waals surface area contributed by atoms with Gasteiger partial charge in [0.15, 0.2) is 0 Å². The van der Waals surface area contributed by atoms with Crippen LogP contribution in [0.1, 0.15) is 17.9 Å². The molecule has 1 aliphatic carbocycles. The van der Waals surface area contributed by atoms with E-state index in [0.29, 0.717) is 5.92 Å². The van der Waals surface area contributed by atoms with Crippen molar-refractivity contribution in [3.8, 4) is 16.8 Å². The van der Waals surface area contributed by atoms with E-state index < -0.39 is 0 Å². The highest BCUT2D eigenvalue weighted by Gasteiger charge is 2.18. The van der Waals surface area contributed by atoms with E-state index in [2.05, 4.69) is 126 Å². The number of hydrogen-bond acceptors (Lipinski definition) is 0. The molecule has 0 radical (unpaired) electrons. The Morgan fingerprint density at radius 2 is 1.48 bits per heavy atom. The van der Waals surface area contributed by atoms with Gasteiger partial charge in [-0.1, -0.05) is 91.0 Å². The second-order valence-electron chi connectivity index (χ2n) is 8.17. The Bertz CT molecular complexity index is 1440. The Kier molecular flexibility index (Phi) is 4.32. The van der Waals surface area contributed by atoms with Crippen LogP contribution in [0.2, 0.25) is 0 Å². The number of aromatic nitrogens is 1. The van der Waals surface area contributed by atoms with Crippen LogP contribution in [-0.4, -0.2) is 4.57 Å². The van der Waals surface area contributed by atoms with Crippen molar-refractivity contribution >= 4 is 21.8 Å². The summed E-state index contributed by atoms with van der Waals surface area (Å²) < 4.78 is 2.40. The molecule has 5 aromatic rings. The molecule has 0 amide bonds. The van der Waals surface area contributed by atoms with Gasteiger partial charge in [-0.3, -0.25) is 0 Å². The first-order chi connectivity index (χ1) is 15.4. The van der Waals surface area contributed by atoms with Gasteiger partial charge in [0.25, 0.3) is 0 Å². The quantitative estimate of drug-likeness (QED) is 0.290. The molecule has 0 saturated heterocycles. The predicted molar refractivity (Wildman–Crippen MR) is 132 cm³/mol. The van der Waals surface area contributed by atoms with Crippen molar-refractivity contribution in [3.63, 3.8) is 0 Å². The number of para-hydroxylation sites is 1. The van der Waals surface area contributed by atoms with Crippen LogP contribution in [-0.2, 0) is 0 Å². The average molecular weight is 398 g/mol. The molecule has 4 aromatic carbocycles. The SMILES string of the molecule is C1=CCC(c2ccc3c(c2)c2c(-c4ccccc4)cccc2n3-c2ccccc2)C=C1. The Morgan fingerprint density at radius 1 is 0.677 bits per heavy atom. The summed E-state index contributed by atoms with van der Waals surface area (Å²) in [7, 11) is 0. The largest absolute Gasteiger partial charge is 0.309 e. The summed E-state index contributed by atoms with van der Waals surface area (Å²) in [5.74, 6) is 0.438. The first kappa shape index (κ1) is 18.0. The fourth-order valence-corrected chi connectivity index (χ4v) is 4.86. The van der Waals surface area contributed by atoms with Crippen molar-refractivity contribution < 1.29 is 0 Å². The van der Waals surface area contributed by atoms with Crippen LogP contribution in [0.5, 0.6) is 0 Å². The molecule has 0 spiro atoms. The molecule has 31 heavy (non-hydrogen) atoms. The standard InChI is InChI=1S/C30H23N/c1-4-11-22(12-5-1)24-19-20-28-27(21-24)30-26(23-13-6-2-7-14-23)17-10-18-29(30)31(28)25-15-8-3-9-16-25/h1-11,13-22H,12H2. The number of fused-ring (bicyclic) bond motifs is 3. The molecule has 0 bridgehead atoms. The van der Waals surface area contributed by atoms with E-state index in [-0.39, 0.29) is 0 Å². The highest BCUT2D eigenvalue weighted by Crippen LogP contribution is 2.40. The molecule has 1 heteroatoms. The average Bonchev–Trinajstić information content (AvgIpc) is 3.19. The van der Waals surface area contributed by atoms with Crippen molar-refractivity contribution in [1.82, 2.24) is 4.57 Å². The third-order valence-corrected chi connectivity index (χ3v) is 6.32. The molecule has 1 nitrogen and oxygen atoms in total. The molecule has 148 valence electrons. The smallest absolute Gasteiger partial charge is 0.0547 e. The maximum absolute atomic E-state index is 2.41. The van der Waals surface area contributed by atoms with E-state index >= 15 is 0 Å². The summed E-state index contributed by atoms with van der Waals surface area (Å²) in [6.07, 6.45) is 9.95. The minimum atomic E-state index is 0.438. The van der Waals surface area contributed by atoms with Crippen molar-refractivity contribution in [2.45, 2.75) is 12.3 Å². The number of hydrogen-bond donors (Lipinski definition) is 0. The summed E-state index contributed by atoms with van der Waals surface area (Å²) >= 11 is 0. The highest BCUT2D eigenvalue weighted by atomic mass is 15.0. The van der Waals surface area contributed by atoms with E-state index in [0.717, 1.165) is 6.42 Å². The van der Waals surface area contributed by atoms with E-state index in [1.165, 1.54) is 44.2 Å². The Balaban J connectivity index is 1.70. The molecular weight excluding hydrogens is 374 g/mol. The van der Waals surface area contributed by atoms with Gasteiger partial charge in [-0.25, -0.2) is 0 Å². The summed E-state index contributed by atoms with van der Waals surface area (Å²) in [4.78, 5) is 0. The van der Waals surface area contributed by atoms with Crippen LogP contribution in [0.3, 0.4) is 0 Å². The first-order valence-electron chi connectivity index (χ1n) is 10.9. The molecule has 0 N–H and O–H groups in total. The van der Waals surface area contributed by atoms with Gasteiger partial charge >= 0.3 is 0 Å². The first-order valence-corrected chi connectivity index (χ1v) is 10.9. The van der Waals surface area contributed by atoms with Crippen LogP contribution in [0.4, 0.5) is 0 Å². The van der Waals surface area contributed by atoms with Crippen molar-refractivity contribution in [3.05, 3.63) is 127 Å². The van der Waals surface area contributed by atoms with Gasteiger partial charge in [0.05, 0.1) is 11.0 Å². The number of benzene rings is 4. The summed E-state index contributed by atoms with van der Waals surface area (Å²) in [5.41, 5.74) is 7.62. The molecule has 1 unspecified atom stereocenters. The number of rotatable bonds is 3. The van der Waals surface area contributed by atoms with Gasteiger partial charge in [0, 0.05) is 22.4 Å². The molecule has 1 atom stereocenters. The highest BCUT2D eigenvalue weighted by molar-refractivity contribution is 6.15. The van der Waals surface area contributed by atoms with Gasteiger partial charge < -0.3 is 4.57 Å². The predicted octanol–water partition coefficient (Wildman–Crippen LogP) is 8.05. The zero-order valence-corrected chi connectivity index (χ0v) is 17.3. The molecule has 6 rings (SSSR count). The molecule has 1 heterocycles. The van der Waals surface area contributed by atoms with Gasteiger partial charge in [-0.2, -0.15) is 0 Å². The minimum Gasteiger partial charge on any atom is -0.309 e. The maximum Gasteiger partial charge on any atom is 0.0547 e. The van der Waals surface area contributed by atoms with Gasteiger partial charge in [0.2, 0.25) is 0 Å². The molecule has 0 fully saturated rings. The monoisotopic (exact) mass is 397 g/mol. The van der Waals surface area contributed by atoms with Crippen molar-refractivity contribution in [2.24, 2.45) is 0 Å². The van der Waals surface area contributed by atoms with Crippen LogP contribution in [0.15, 0.2) is 121 Å². The zero-order chi connectivity index (χ0) is 20.6. The fourth-order valence-electron chi connectivity index (χ4n) is 4.86. The Morgan fingerprint density at radius 3 is 2.26 bits per heavy atom. The third kappa shape index (κ3) is 3.02. The lowest BCUT2D eigenvalue weighted by molar-refractivity contribution is 0.855. The van der Waals surface area contributed by atoms with E-state index in [1.807, 2.05) is 0 Å². The summed E-state index contributed by atoms with van der Waals surface area (Å²) in [6.45, 7) is 0. The van der Waals surface area contributed by atoms with E-state index in [1.54, 1.807) is 0 Å². The molecule has 1 aliphatic rings.